The number of aromatic nitrogens is 3. The predicted octanol–water partition coefficient (Wildman–Crippen LogP) is 5.50. The summed E-state index contributed by atoms with van der Waals surface area (Å²) >= 11 is 6.53. The SMILES string of the molecule is CC(=O)NCCn1ccc2ncnc(Nc3ccc(Oc4cccc5occc45)c(Cl)c3)c21. The molecule has 0 aliphatic rings. The summed E-state index contributed by atoms with van der Waals surface area (Å²) in [6.07, 6.45) is 5.06. The Morgan fingerprint density at radius 1 is 1.15 bits per heavy atom. The highest BCUT2D eigenvalue weighted by Crippen LogP contribution is 2.36. The number of halogens is 1. The topological polar surface area (TPSA) is 94.2 Å². The molecule has 2 aromatic carbocycles. The zero-order valence-electron chi connectivity index (χ0n) is 17.7. The molecule has 0 aliphatic heterocycles. The Morgan fingerprint density at radius 2 is 2.06 bits per heavy atom. The maximum atomic E-state index is 11.2. The number of hydrogen-bond donors (Lipinski definition) is 2. The van der Waals surface area contributed by atoms with Crippen LogP contribution in [0.3, 0.4) is 0 Å². The lowest BCUT2D eigenvalue weighted by molar-refractivity contribution is -0.118. The molecule has 2 N–H and O–H groups in total. The second-order valence-corrected chi connectivity index (χ2v) is 7.82. The molecule has 0 atom stereocenters. The number of carbonyl (C=O) groups excluding carboxylic acids is 1. The van der Waals surface area contributed by atoms with Crippen LogP contribution in [0.2, 0.25) is 5.02 Å². The van der Waals surface area contributed by atoms with Gasteiger partial charge in [-0.25, -0.2) is 9.97 Å². The molecule has 33 heavy (non-hydrogen) atoms. The molecule has 3 aromatic heterocycles. The van der Waals surface area contributed by atoms with Gasteiger partial charge in [0.25, 0.3) is 0 Å². The average molecular weight is 462 g/mol. The molecule has 1 amide bonds. The van der Waals surface area contributed by atoms with Crippen LogP contribution in [0.5, 0.6) is 11.5 Å². The number of furan rings is 1. The number of fused-ring (bicyclic) bond motifs is 2. The molecule has 0 saturated heterocycles. The van der Waals surface area contributed by atoms with Crippen molar-refractivity contribution in [2.24, 2.45) is 0 Å². The quantitative estimate of drug-likeness (QED) is 0.332. The molecule has 5 rings (SSSR count). The molecule has 9 heteroatoms. The first-order valence-electron chi connectivity index (χ1n) is 10.3. The van der Waals surface area contributed by atoms with E-state index in [9.17, 15) is 4.79 Å². The summed E-state index contributed by atoms with van der Waals surface area (Å²) < 4.78 is 13.5. The van der Waals surface area contributed by atoms with Crippen LogP contribution in [0, 0.1) is 0 Å². The van der Waals surface area contributed by atoms with Crippen molar-refractivity contribution >= 4 is 51.0 Å². The molecule has 0 radical (unpaired) electrons. The molecule has 0 bridgehead atoms. The summed E-state index contributed by atoms with van der Waals surface area (Å²) in [4.78, 5) is 19.9. The van der Waals surface area contributed by atoms with Gasteiger partial charge in [0.2, 0.25) is 5.91 Å². The van der Waals surface area contributed by atoms with E-state index >= 15 is 0 Å². The zero-order chi connectivity index (χ0) is 22.8. The molecule has 0 saturated carbocycles. The number of anilines is 2. The van der Waals surface area contributed by atoms with Gasteiger partial charge >= 0.3 is 0 Å². The van der Waals surface area contributed by atoms with Gasteiger partial charge < -0.3 is 24.4 Å². The van der Waals surface area contributed by atoms with Crippen LogP contribution < -0.4 is 15.4 Å². The van der Waals surface area contributed by atoms with E-state index in [1.54, 1.807) is 18.4 Å². The van der Waals surface area contributed by atoms with Gasteiger partial charge in [-0.1, -0.05) is 17.7 Å². The van der Waals surface area contributed by atoms with Crippen molar-refractivity contribution in [1.82, 2.24) is 19.9 Å². The highest BCUT2D eigenvalue weighted by Gasteiger charge is 2.12. The number of nitrogens with one attached hydrogen (secondary N) is 2. The third-order valence-corrected chi connectivity index (χ3v) is 5.44. The Kier molecular flexibility index (Phi) is 5.58. The van der Waals surface area contributed by atoms with Crippen LogP contribution in [-0.2, 0) is 11.3 Å². The lowest BCUT2D eigenvalue weighted by atomic mass is 10.2. The second-order valence-electron chi connectivity index (χ2n) is 7.41. The minimum atomic E-state index is -0.0676. The van der Waals surface area contributed by atoms with Crippen molar-refractivity contribution in [3.63, 3.8) is 0 Å². The maximum Gasteiger partial charge on any atom is 0.216 e. The Bertz CT molecular complexity index is 1460. The van der Waals surface area contributed by atoms with E-state index in [2.05, 4.69) is 20.6 Å². The third-order valence-electron chi connectivity index (χ3n) is 5.15. The van der Waals surface area contributed by atoms with E-state index in [0.717, 1.165) is 27.7 Å². The van der Waals surface area contributed by atoms with Gasteiger partial charge in [0.15, 0.2) is 5.82 Å². The first-order valence-corrected chi connectivity index (χ1v) is 10.7. The molecule has 0 fully saturated rings. The summed E-state index contributed by atoms with van der Waals surface area (Å²) in [5.41, 5.74) is 3.14. The number of amides is 1. The van der Waals surface area contributed by atoms with Crippen LogP contribution in [0.4, 0.5) is 11.5 Å². The number of rotatable bonds is 7. The lowest BCUT2D eigenvalue weighted by Crippen LogP contribution is -2.24. The highest BCUT2D eigenvalue weighted by atomic mass is 35.5. The van der Waals surface area contributed by atoms with Gasteiger partial charge in [-0.05, 0) is 42.5 Å². The summed E-state index contributed by atoms with van der Waals surface area (Å²) in [5.74, 6) is 1.77. The standard InChI is InChI=1S/C24H20ClN5O3/c1-15(31)26-9-11-30-10-7-19-23(30)24(28-14-27-19)29-16-5-6-22(18(25)13-16)33-21-4-2-3-20-17(21)8-12-32-20/h2-8,10,12-14H,9,11H2,1H3,(H,26,31)(H,27,28,29). The Hall–Kier alpha value is -4.04. The molecule has 166 valence electrons. The first kappa shape index (κ1) is 20.8. The fourth-order valence-corrected chi connectivity index (χ4v) is 3.85. The van der Waals surface area contributed by atoms with E-state index < -0.39 is 0 Å². The summed E-state index contributed by atoms with van der Waals surface area (Å²) in [5, 5.41) is 7.44. The van der Waals surface area contributed by atoms with E-state index in [4.69, 9.17) is 20.8 Å². The number of ether oxygens (including phenoxy) is 1. The molecular weight excluding hydrogens is 442 g/mol. The van der Waals surface area contributed by atoms with Crippen molar-refractivity contribution in [3.05, 3.63) is 72.3 Å². The minimum Gasteiger partial charge on any atom is -0.464 e. The molecule has 8 nitrogen and oxygen atoms in total. The fourth-order valence-electron chi connectivity index (χ4n) is 3.63. The third kappa shape index (κ3) is 4.33. The van der Waals surface area contributed by atoms with Crippen LogP contribution in [-0.4, -0.2) is 27.0 Å². The number of hydrogen-bond acceptors (Lipinski definition) is 6. The molecule has 0 unspecified atom stereocenters. The minimum absolute atomic E-state index is 0.0676. The van der Waals surface area contributed by atoms with Crippen molar-refractivity contribution in [2.45, 2.75) is 13.5 Å². The highest BCUT2D eigenvalue weighted by molar-refractivity contribution is 6.32. The Morgan fingerprint density at radius 3 is 2.91 bits per heavy atom. The number of benzene rings is 2. The van der Waals surface area contributed by atoms with E-state index in [0.29, 0.717) is 35.4 Å². The van der Waals surface area contributed by atoms with Crippen LogP contribution >= 0.6 is 11.6 Å². The maximum absolute atomic E-state index is 11.2. The smallest absolute Gasteiger partial charge is 0.216 e. The fraction of sp³-hybridized carbons (Fsp3) is 0.125. The summed E-state index contributed by atoms with van der Waals surface area (Å²) in [6.45, 7) is 2.60. The van der Waals surface area contributed by atoms with Gasteiger partial charge in [-0.3, -0.25) is 4.79 Å². The largest absolute Gasteiger partial charge is 0.464 e. The van der Waals surface area contributed by atoms with Crippen LogP contribution in [0.1, 0.15) is 6.92 Å². The number of nitrogens with zero attached hydrogens (tertiary/aromatic N) is 3. The normalized spacial score (nSPS) is 11.1. The predicted molar refractivity (Wildman–Crippen MR) is 127 cm³/mol. The lowest BCUT2D eigenvalue weighted by Gasteiger charge is -2.13. The Balaban J connectivity index is 1.39. The first-order chi connectivity index (χ1) is 16.1. The monoisotopic (exact) mass is 461 g/mol. The molecule has 0 aliphatic carbocycles. The van der Waals surface area contributed by atoms with Crippen LogP contribution in [0.15, 0.2) is 71.7 Å². The Labute approximate surface area is 194 Å². The zero-order valence-corrected chi connectivity index (χ0v) is 18.5. The van der Waals surface area contributed by atoms with Crippen LogP contribution in [0.25, 0.3) is 22.0 Å². The second kappa shape index (κ2) is 8.84. The van der Waals surface area contributed by atoms with Gasteiger partial charge in [-0.15, -0.1) is 0 Å². The van der Waals surface area contributed by atoms with Gasteiger partial charge in [0.1, 0.15) is 28.9 Å². The molecule has 3 heterocycles. The van der Waals surface area contributed by atoms with E-state index in [1.807, 2.05) is 47.2 Å². The summed E-state index contributed by atoms with van der Waals surface area (Å²) in [7, 11) is 0. The summed E-state index contributed by atoms with van der Waals surface area (Å²) in [6, 6.07) is 14.8. The van der Waals surface area contributed by atoms with E-state index in [-0.39, 0.29) is 5.91 Å². The molecule has 5 aromatic rings. The van der Waals surface area contributed by atoms with E-state index in [1.165, 1.54) is 13.3 Å². The van der Waals surface area contributed by atoms with Crippen molar-refractivity contribution in [1.29, 1.82) is 0 Å². The van der Waals surface area contributed by atoms with Crippen molar-refractivity contribution in [3.8, 4) is 11.5 Å². The van der Waals surface area contributed by atoms with Gasteiger partial charge in [-0.2, -0.15) is 0 Å². The van der Waals surface area contributed by atoms with Gasteiger partial charge in [0.05, 0.1) is 22.2 Å². The number of carbonyl (C=O) groups is 1. The van der Waals surface area contributed by atoms with Gasteiger partial charge in [0, 0.05) is 31.9 Å². The average Bonchev–Trinajstić information content (AvgIpc) is 3.44. The van der Waals surface area contributed by atoms with Crippen molar-refractivity contribution in [2.75, 3.05) is 11.9 Å². The molecule has 0 spiro atoms. The van der Waals surface area contributed by atoms with Crippen molar-refractivity contribution < 1.29 is 13.9 Å². The molecular formula is C24H20ClN5O3.